The zero-order chi connectivity index (χ0) is 11.3. The average Bonchev–Trinajstić information content (AvgIpc) is 2.26. The molecule has 3 unspecified atom stereocenters. The molecular formula is C11H21NO3. The molecule has 15 heavy (non-hydrogen) atoms. The van der Waals surface area contributed by atoms with E-state index in [1.165, 1.54) is 0 Å². The second-order valence-electron chi connectivity index (χ2n) is 4.35. The molecule has 2 N–H and O–H groups in total. The van der Waals surface area contributed by atoms with Crippen LogP contribution in [0.1, 0.15) is 32.6 Å². The van der Waals surface area contributed by atoms with Gasteiger partial charge in [-0.15, -0.1) is 0 Å². The van der Waals surface area contributed by atoms with E-state index in [0.29, 0.717) is 6.04 Å². The molecule has 0 heterocycles. The summed E-state index contributed by atoms with van der Waals surface area (Å²) in [6.07, 6.45) is 3.87. The number of carbonyl (C=O) groups is 1. The third-order valence-corrected chi connectivity index (χ3v) is 3.12. The molecule has 4 nitrogen and oxygen atoms in total. The van der Waals surface area contributed by atoms with Crippen molar-refractivity contribution in [1.82, 2.24) is 5.32 Å². The monoisotopic (exact) mass is 215 g/mol. The van der Waals surface area contributed by atoms with E-state index in [1.54, 1.807) is 7.11 Å². The maximum absolute atomic E-state index is 10.8. The fourth-order valence-electron chi connectivity index (χ4n) is 2.02. The lowest BCUT2D eigenvalue weighted by Gasteiger charge is -2.28. The Balaban J connectivity index is 2.27. The Hall–Kier alpha value is -0.610. The largest absolute Gasteiger partial charge is 0.481 e. The Morgan fingerprint density at radius 3 is 2.93 bits per heavy atom. The maximum Gasteiger partial charge on any atom is 0.306 e. The van der Waals surface area contributed by atoms with Crippen LogP contribution in [-0.4, -0.2) is 36.9 Å². The Morgan fingerprint density at radius 1 is 1.60 bits per heavy atom. The normalized spacial score (nSPS) is 28.7. The van der Waals surface area contributed by atoms with Gasteiger partial charge in [0.15, 0.2) is 0 Å². The van der Waals surface area contributed by atoms with Gasteiger partial charge in [0, 0.05) is 19.7 Å². The number of hydrogen-bond donors (Lipinski definition) is 2. The molecule has 1 aliphatic rings. The van der Waals surface area contributed by atoms with Crippen molar-refractivity contribution in [3.63, 3.8) is 0 Å². The third-order valence-electron chi connectivity index (χ3n) is 3.12. The van der Waals surface area contributed by atoms with Gasteiger partial charge in [-0.1, -0.05) is 6.42 Å². The quantitative estimate of drug-likeness (QED) is 0.724. The highest BCUT2D eigenvalue weighted by molar-refractivity contribution is 5.70. The van der Waals surface area contributed by atoms with Crippen molar-refractivity contribution in [3.05, 3.63) is 0 Å². The summed E-state index contributed by atoms with van der Waals surface area (Å²) in [5.41, 5.74) is 0. The van der Waals surface area contributed by atoms with Crippen molar-refractivity contribution < 1.29 is 14.6 Å². The predicted molar refractivity (Wildman–Crippen MR) is 57.9 cm³/mol. The fraction of sp³-hybridized carbons (Fsp3) is 0.909. The predicted octanol–water partition coefficient (Wildman–Crippen LogP) is 1.25. The first kappa shape index (κ1) is 12.5. The summed E-state index contributed by atoms with van der Waals surface area (Å²) < 4.78 is 5.14. The molecule has 0 aromatic carbocycles. The SMILES string of the molecule is COC(C)CNC1CCCC(C(=O)O)C1. The van der Waals surface area contributed by atoms with Crippen molar-refractivity contribution in [1.29, 1.82) is 0 Å². The summed E-state index contributed by atoms with van der Waals surface area (Å²) in [5.74, 6) is -0.810. The summed E-state index contributed by atoms with van der Waals surface area (Å²) >= 11 is 0. The standard InChI is InChI=1S/C11H21NO3/c1-8(15-2)7-12-10-5-3-4-9(6-10)11(13)14/h8-10,12H,3-7H2,1-2H3,(H,13,14). The number of aliphatic carboxylic acids is 1. The molecule has 1 rings (SSSR count). The van der Waals surface area contributed by atoms with E-state index in [4.69, 9.17) is 9.84 Å². The first-order chi connectivity index (χ1) is 7.13. The minimum atomic E-state index is -0.652. The third kappa shape index (κ3) is 4.18. The summed E-state index contributed by atoms with van der Waals surface area (Å²) in [4.78, 5) is 10.8. The van der Waals surface area contributed by atoms with Crippen LogP contribution in [0.3, 0.4) is 0 Å². The van der Waals surface area contributed by atoms with Gasteiger partial charge in [-0.2, -0.15) is 0 Å². The van der Waals surface area contributed by atoms with E-state index < -0.39 is 5.97 Å². The van der Waals surface area contributed by atoms with E-state index in [-0.39, 0.29) is 12.0 Å². The van der Waals surface area contributed by atoms with Crippen LogP contribution in [0, 0.1) is 5.92 Å². The summed E-state index contributed by atoms with van der Waals surface area (Å²) in [5, 5.41) is 12.3. The van der Waals surface area contributed by atoms with Gasteiger partial charge in [0.2, 0.25) is 0 Å². The second-order valence-corrected chi connectivity index (χ2v) is 4.35. The molecule has 88 valence electrons. The van der Waals surface area contributed by atoms with Crippen LogP contribution in [0.4, 0.5) is 0 Å². The van der Waals surface area contributed by atoms with E-state index in [2.05, 4.69) is 5.32 Å². The van der Waals surface area contributed by atoms with E-state index in [9.17, 15) is 4.79 Å². The Bertz CT molecular complexity index is 208. The summed E-state index contributed by atoms with van der Waals surface area (Å²) in [6.45, 7) is 2.80. The highest BCUT2D eigenvalue weighted by atomic mass is 16.5. The lowest BCUT2D eigenvalue weighted by atomic mass is 9.86. The van der Waals surface area contributed by atoms with E-state index in [1.807, 2.05) is 6.92 Å². The number of carboxylic acids is 1. The highest BCUT2D eigenvalue weighted by Crippen LogP contribution is 2.24. The van der Waals surface area contributed by atoms with Crippen molar-refractivity contribution in [2.45, 2.75) is 44.8 Å². The second kappa shape index (κ2) is 6.08. The first-order valence-corrected chi connectivity index (χ1v) is 5.62. The molecule has 0 radical (unpaired) electrons. The molecule has 0 bridgehead atoms. The smallest absolute Gasteiger partial charge is 0.306 e. The average molecular weight is 215 g/mol. The Morgan fingerprint density at radius 2 is 2.33 bits per heavy atom. The molecule has 1 aliphatic carbocycles. The molecule has 0 aromatic heterocycles. The number of carboxylic acid groups (broad SMARTS) is 1. The first-order valence-electron chi connectivity index (χ1n) is 5.62. The number of ether oxygens (including phenoxy) is 1. The maximum atomic E-state index is 10.8. The molecule has 1 fully saturated rings. The van der Waals surface area contributed by atoms with Crippen LogP contribution >= 0.6 is 0 Å². The summed E-state index contributed by atoms with van der Waals surface area (Å²) in [7, 11) is 1.69. The molecule has 1 saturated carbocycles. The lowest BCUT2D eigenvalue weighted by molar-refractivity contribution is -0.143. The van der Waals surface area contributed by atoms with Crippen LogP contribution in [0.25, 0.3) is 0 Å². The zero-order valence-electron chi connectivity index (χ0n) is 9.53. The van der Waals surface area contributed by atoms with Gasteiger partial charge in [0.1, 0.15) is 0 Å². The van der Waals surface area contributed by atoms with Crippen LogP contribution in [0.5, 0.6) is 0 Å². The van der Waals surface area contributed by atoms with Crippen molar-refractivity contribution in [2.75, 3.05) is 13.7 Å². The molecular weight excluding hydrogens is 194 g/mol. The van der Waals surface area contributed by atoms with Gasteiger partial charge >= 0.3 is 5.97 Å². The number of methoxy groups -OCH3 is 1. The Labute approximate surface area is 91.0 Å². The molecule has 0 spiro atoms. The topological polar surface area (TPSA) is 58.6 Å². The van der Waals surface area contributed by atoms with Crippen LogP contribution in [0.2, 0.25) is 0 Å². The molecule has 0 amide bonds. The van der Waals surface area contributed by atoms with E-state index >= 15 is 0 Å². The minimum absolute atomic E-state index is 0.158. The van der Waals surface area contributed by atoms with Crippen LogP contribution < -0.4 is 5.32 Å². The molecule has 3 atom stereocenters. The summed E-state index contributed by atoms with van der Waals surface area (Å²) in [6, 6.07) is 0.345. The number of rotatable bonds is 5. The molecule has 0 saturated heterocycles. The van der Waals surface area contributed by atoms with Gasteiger partial charge in [-0.25, -0.2) is 0 Å². The van der Waals surface area contributed by atoms with Gasteiger partial charge in [0.05, 0.1) is 12.0 Å². The molecule has 4 heteroatoms. The zero-order valence-corrected chi connectivity index (χ0v) is 9.53. The number of nitrogens with one attached hydrogen (secondary N) is 1. The molecule has 0 aliphatic heterocycles. The molecule has 0 aromatic rings. The van der Waals surface area contributed by atoms with Crippen LogP contribution in [0.15, 0.2) is 0 Å². The van der Waals surface area contributed by atoms with E-state index in [0.717, 1.165) is 32.2 Å². The van der Waals surface area contributed by atoms with Crippen molar-refractivity contribution in [3.8, 4) is 0 Å². The van der Waals surface area contributed by atoms with Crippen molar-refractivity contribution >= 4 is 5.97 Å². The van der Waals surface area contributed by atoms with Gasteiger partial charge in [-0.05, 0) is 26.2 Å². The van der Waals surface area contributed by atoms with Gasteiger partial charge < -0.3 is 15.2 Å². The van der Waals surface area contributed by atoms with Gasteiger partial charge in [0.25, 0.3) is 0 Å². The lowest BCUT2D eigenvalue weighted by Crippen LogP contribution is -2.39. The van der Waals surface area contributed by atoms with Gasteiger partial charge in [-0.3, -0.25) is 4.79 Å². The Kier molecular flexibility index (Phi) is 5.05. The highest BCUT2D eigenvalue weighted by Gasteiger charge is 2.26. The number of hydrogen-bond acceptors (Lipinski definition) is 3. The minimum Gasteiger partial charge on any atom is -0.481 e. The van der Waals surface area contributed by atoms with Crippen molar-refractivity contribution in [2.24, 2.45) is 5.92 Å². The fourth-order valence-corrected chi connectivity index (χ4v) is 2.02. The van der Waals surface area contributed by atoms with Crippen LogP contribution in [-0.2, 0) is 9.53 Å².